The maximum Gasteiger partial charge on any atom is 0.335 e. The zero-order valence-electron chi connectivity index (χ0n) is 10.2. The van der Waals surface area contributed by atoms with Crippen molar-refractivity contribution in [2.24, 2.45) is 0 Å². The summed E-state index contributed by atoms with van der Waals surface area (Å²) in [7, 11) is 0. The van der Waals surface area contributed by atoms with E-state index in [2.05, 4.69) is 27.5 Å². The molecule has 0 aliphatic heterocycles. The first-order chi connectivity index (χ1) is 8.56. The molecule has 0 amide bonds. The minimum atomic E-state index is -0.901. The summed E-state index contributed by atoms with van der Waals surface area (Å²) in [5, 5.41) is 12.3. The van der Waals surface area contributed by atoms with Gasteiger partial charge in [-0.3, -0.25) is 0 Å². The third-order valence-electron chi connectivity index (χ3n) is 3.51. The van der Waals surface area contributed by atoms with Crippen molar-refractivity contribution in [2.45, 2.75) is 24.0 Å². The smallest absolute Gasteiger partial charge is 0.335 e. The van der Waals surface area contributed by atoms with E-state index in [9.17, 15) is 4.79 Å². The summed E-state index contributed by atoms with van der Waals surface area (Å²) < 4.78 is 1.17. The van der Waals surface area contributed by atoms with Crippen molar-refractivity contribution in [2.75, 3.05) is 18.1 Å². The zero-order chi connectivity index (χ0) is 13.2. The Morgan fingerprint density at radius 3 is 2.72 bits per heavy atom. The number of carboxylic acids is 1. The van der Waals surface area contributed by atoms with Gasteiger partial charge >= 0.3 is 5.97 Å². The minimum absolute atomic E-state index is 0.302. The van der Waals surface area contributed by atoms with E-state index >= 15 is 0 Å². The van der Waals surface area contributed by atoms with Crippen LogP contribution in [-0.2, 0) is 0 Å². The fourth-order valence-corrected chi connectivity index (χ4v) is 3.50. The van der Waals surface area contributed by atoms with E-state index in [-0.39, 0.29) is 0 Å². The Kier molecular flexibility index (Phi) is 4.22. The van der Waals surface area contributed by atoms with Crippen molar-refractivity contribution in [3.63, 3.8) is 0 Å². The number of halogens is 1. The number of nitrogens with one attached hydrogen (secondary N) is 1. The number of anilines is 1. The molecule has 1 aromatic carbocycles. The molecule has 1 aliphatic carbocycles. The number of hydrogen-bond acceptors (Lipinski definition) is 3. The number of carboxylic acid groups (broad SMARTS) is 1. The molecule has 3 nitrogen and oxygen atoms in total. The van der Waals surface area contributed by atoms with E-state index in [0.29, 0.717) is 10.3 Å². The molecule has 0 unspecified atom stereocenters. The molecule has 2 rings (SSSR count). The molecule has 0 saturated heterocycles. The molecule has 5 heteroatoms. The van der Waals surface area contributed by atoms with Gasteiger partial charge in [-0.2, -0.15) is 11.8 Å². The average Bonchev–Trinajstić information content (AvgIpc) is 2.29. The van der Waals surface area contributed by atoms with Crippen LogP contribution in [0.1, 0.15) is 29.6 Å². The lowest BCUT2D eigenvalue weighted by Crippen LogP contribution is -2.40. The predicted molar refractivity (Wildman–Crippen MR) is 79.7 cm³/mol. The van der Waals surface area contributed by atoms with Crippen molar-refractivity contribution in [1.29, 1.82) is 0 Å². The molecule has 0 atom stereocenters. The van der Waals surface area contributed by atoms with E-state index in [1.807, 2.05) is 17.8 Å². The van der Waals surface area contributed by atoms with E-state index in [1.54, 1.807) is 12.1 Å². The monoisotopic (exact) mass is 329 g/mol. The quantitative estimate of drug-likeness (QED) is 0.861. The molecule has 0 heterocycles. The first-order valence-electron chi connectivity index (χ1n) is 5.88. The summed E-state index contributed by atoms with van der Waals surface area (Å²) in [6.45, 7) is 0.930. The Morgan fingerprint density at radius 1 is 1.56 bits per heavy atom. The highest BCUT2D eigenvalue weighted by atomic mass is 79.9. The number of thioether (sulfide) groups is 1. The summed E-state index contributed by atoms with van der Waals surface area (Å²) >= 11 is 5.33. The van der Waals surface area contributed by atoms with Gasteiger partial charge in [-0.15, -0.1) is 0 Å². The Morgan fingerprint density at radius 2 is 2.28 bits per heavy atom. The van der Waals surface area contributed by atoms with Crippen LogP contribution >= 0.6 is 27.7 Å². The van der Waals surface area contributed by atoms with Gasteiger partial charge in [0.15, 0.2) is 0 Å². The molecule has 98 valence electrons. The first kappa shape index (κ1) is 13.7. The number of aromatic carboxylic acids is 1. The molecule has 0 aromatic heterocycles. The fraction of sp³-hybridized carbons (Fsp3) is 0.462. The van der Waals surface area contributed by atoms with Crippen molar-refractivity contribution >= 4 is 39.3 Å². The van der Waals surface area contributed by atoms with E-state index < -0.39 is 5.97 Å². The number of rotatable bonds is 5. The summed E-state index contributed by atoms with van der Waals surface area (Å²) in [5.41, 5.74) is 1.26. The molecule has 2 N–H and O–H groups in total. The Balaban J connectivity index is 2.03. The maximum atomic E-state index is 10.8. The van der Waals surface area contributed by atoms with Crippen LogP contribution in [0.2, 0.25) is 0 Å². The summed E-state index contributed by atoms with van der Waals surface area (Å²) in [6, 6.07) is 5.08. The summed E-state index contributed by atoms with van der Waals surface area (Å²) in [6.07, 6.45) is 5.98. The molecule has 0 bridgehead atoms. The van der Waals surface area contributed by atoms with Gasteiger partial charge in [-0.25, -0.2) is 4.79 Å². The molecular weight excluding hydrogens is 314 g/mol. The normalized spacial score (nSPS) is 17.0. The highest BCUT2D eigenvalue weighted by Crippen LogP contribution is 2.43. The number of hydrogen-bond donors (Lipinski definition) is 2. The van der Waals surface area contributed by atoms with Gasteiger partial charge < -0.3 is 10.4 Å². The standard InChI is InChI=1S/C13H16BrNO2S/c1-18-13(5-2-6-13)8-15-11-4-3-9(12(16)17)7-10(11)14/h3-4,7,15H,2,5-6,8H2,1H3,(H,16,17). The van der Waals surface area contributed by atoms with Crippen LogP contribution in [0, 0.1) is 0 Å². The number of benzene rings is 1. The van der Waals surface area contributed by atoms with E-state index in [0.717, 1.165) is 16.7 Å². The lowest BCUT2D eigenvalue weighted by Gasteiger charge is -2.40. The van der Waals surface area contributed by atoms with Gasteiger partial charge in [-0.05, 0) is 53.2 Å². The van der Waals surface area contributed by atoms with Crippen LogP contribution < -0.4 is 5.32 Å². The molecule has 0 spiro atoms. The molecule has 18 heavy (non-hydrogen) atoms. The van der Waals surface area contributed by atoms with Crippen LogP contribution in [-0.4, -0.2) is 28.6 Å². The largest absolute Gasteiger partial charge is 0.478 e. The number of carbonyl (C=O) groups is 1. The third-order valence-corrected chi connectivity index (χ3v) is 5.59. The first-order valence-corrected chi connectivity index (χ1v) is 7.90. The van der Waals surface area contributed by atoms with Gasteiger partial charge in [0.2, 0.25) is 0 Å². The molecule has 1 fully saturated rings. The van der Waals surface area contributed by atoms with Crippen molar-refractivity contribution < 1.29 is 9.90 Å². The molecular formula is C13H16BrNO2S. The van der Waals surface area contributed by atoms with Gasteiger partial charge in [0, 0.05) is 21.5 Å². The van der Waals surface area contributed by atoms with Crippen molar-refractivity contribution in [1.82, 2.24) is 0 Å². The molecule has 0 radical (unpaired) electrons. The molecule has 1 saturated carbocycles. The second-order valence-corrected chi connectivity index (χ2v) is 6.72. The second-order valence-electron chi connectivity index (χ2n) is 4.59. The van der Waals surface area contributed by atoms with Crippen molar-refractivity contribution in [3.05, 3.63) is 28.2 Å². The van der Waals surface area contributed by atoms with Gasteiger partial charge in [0.05, 0.1) is 5.56 Å². The fourth-order valence-electron chi connectivity index (χ4n) is 2.07. The van der Waals surface area contributed by atoms with E-state index in [1.165, 1.54) is 19.3 Å². The SMILES string of the molecule is CSC1(CNc2ccc(C(=O)O)cc2Br)CCC1. The Labute approximate surface area is 119 Å². The minimum Gasteiger partial charge on any atom is -0.478 e. The topological polar surface area (TPSA) is 49.3 Å². The summed E-state index contributed by atoms with van der Waals surface area (Å²) in [4.78, 5) is 10.8. The highest BCUT2D eigenvalue weighted by Gasteiger charge is 2.35. The van der Waals surface area contributed by atoms with Gasteiger partial charge in [0.1, 0.15) is 0 Å². The molecule has 1 aromatic rings. The zero-order valence-corrected chi connectivity index (χ0v) is 12.6. The van der Waals surface area contributed by atoms with Crippen LogP contribution in [0.15, 0.2) is 22.7 Å². The Bertz CT molecular complexity index is 455. The summed E-state index contributed by atoms with van der Waals surface area (Å²) in [5.74, 6) is -0.901. The molecule has 1 aliphatic rings. The predicted octanol–water partition coefficient (Wildman–Crippen LogP) is 3.84. The Hall–Kier alpha value is -0.680. The lowest BCUT2D eigenvalue weighted by molar-refractivity contribution is 0.0697. The highest BCUT2D eigenvalue weighted by molar-refractivity contribution is 9.10. The van der Waals surface area contributed by atoms with Crippen LogP contribution in [0.3, 0.4) is 0 Å². The third kappa shape index (κ3) is 2.83. The van der Waals surface area contributed by atoms with Crippen molar-refractivity contribution in [3.8, 4) is 0 Å². The maximum absolute atomic E-state index is 10.8. The average molecular weight is 330 g/mol. The van der Waals surface area contributed by atoms with Crippen LogP contribution in [0.4, 0.5) is 5.69 Å². The van der Waals surface area contributed by atoms with Crippen LogP contribution in [0.25, 0.3) is 0 Å². The van der Waals surface area contributed by atoms with E-state index in [4.69, 9.17) is 5.11 Å². The second kappa shape index (κ2) is 5.53. The van der Waals surface area contributed by atoms with Crippen LogP contribution in [0.5, 0.6) is 0 Å². The van der Waals surface area contributed by atoms with Gasteiger partial charge in [-0.1, -0.05) is 6.42 Å². The lowest BCUT2D eigenvalue weighted by atomic mass is 9.84. The van der Waals surface area contributed by atoms with Gasteiger partial charge in [0.25, 0.3) is 0 Å².